The van der Waals surface area contributed by atoms with Gasteiger partial charge in [-0.15, -0.1) is 0 Å². The minimum absolute atomic E-state index is 1.21. The van der Waals surface area contributed by atoms with E-state index in [1.54, 1.807) is 0 Å². The Bertz CT molecular complexity index is 2530. The summed E-state index contributed by atoms with van der Waals surface area (Å²) in [7, 11) is 0. The summed E-state index contributed by atoms with van der Waals surface area (Å²) in [5.41, 5.74) is 12.4. The first kappa shape index (κ1) is 31.1. The van der Waals surface area contributed by atoms with Gasteiger partial charge >= 0.3 is 0 Å². The van der Waals surface area contributed by atoms with Crippen LogP contribution in [-0.4, -0.2) is 0 Å². The maximum absolute atomic E-state index is 2.37. The van der Waals surface area contributed by atoms with Crippen LogP contribution in [0.15, 0.2) is 194 Å². The lowest BCUT2D eigenvalue weighted by atomic mass is 9.84. The molecule has 0 aliphatic rings. The first-order chi connectivity index (χ1) is 24.8. The fraction of sp³-hybridized carbons (Fsp3) is 0.0400. The van der Waals surface area contributed by atoms with Gasteiger partial charge in [0.2, 0.25) is 0 Å². The van der Waals surface area contributed by atoms with Gasteiger partial charge in [-0.25, -0.2) is 0 Å². The van der Waals surface area contributed by atoms with Crippen LogP contribution in [0.25, 0.3) is 88.0 Å². The summed E-state index contributed by atoms with van der Waals surface area (Å²) in [5, 5.41) is 7.58. The van der Waals surface area contributed by atoms with Gasteiger partial charge in [0.25, 0.3) is 0 Å². The normalized spacial score (nSPS) is 11.0. The summed E-state index contributed by atoms with van der Waals surface area (Å²) >= 11 is 0. The second kappa shape index (κ2) is 13.7. The van der Waals surface area contributed by atoms with Crippen molar-refractivity contribution in [3.05, 3.63) is 194 Å². The summed E-state index contributed by atoms with van der Waals surface area (Å²) in [5.74, 6) is 0. The van der Waals surface area contributed by atoms with Crippen molar-refractivity contribution in [3.63, 3.8) is 0 Å². The van der Waals surface area contributed by atoms with Gasteiger partial charge in [-0.2, -0.15) is 0 Å². The van der Waals surface area contributed by atoms with Crippen LogP contribution in [0.4, 0.5) is 0 Å². The number of fused-ring (bicyclic) bond motifs is 3. The standard InChI is InChI=1S/C48H32.C2H6/c1-2-13-33(14-3-1)34-27-29-35(30-28-34)37-17-10-19-39(31-37)47-43-22-6-8-24-45(43)48(46-25-9-7-23-44(46)47)40-20-11-18-38(32-40)42-26-12-16-36-15-4-5-21-41(36)42;1-2/h1-32H;1-2H3. The molecule has 0 radical (unpaired) electrons. The third kappa shape index (κ3) is 5.66. The molecule has 0 amide bonds. The molecule has 0 spiro atoms. The van der Waals surface area contributed by atoms with Gasteiger partial charge in [0, 0.05) is 0 Å². The quantitative estimate of drug-likeness (QED) is 0.165. The van der Waals surface area contributed by atoms with Crippen molar-refractivity contribution in [3.8, 4) is 55.6 Å². The highest BCUT2D eigenvalue weighted by Gasteiger charge is 2.17. The van der Waals surface area contributed by atoms with Gasteiger partial charge in [0.1, 0.15) is 0 Å². The number of benzene rings is 9. The van der Waals surface area contributed by atoms with Gasteiger partial charge in [-0.1, -0.05) is 196 Å². The van der Waals surface area contributed by atoms with Crippen LogP contribution < -0.4 is 0 Å². The lowest BCUT2D eigenvalue weighted by molar-refractivity contribution is 1.50. The van der Waals surface area contributed by atoms with Gasteiger partial charge < -0.3 is 0 Å². The number of rotatable bonds is 5. The molecule has 0 bridgehead atoms. The van der Waals surface area contributed by atoms with E-state index in [4.69, 9.17) is 0 Å². The first-order valence-corrected chi connectivity index (χ1v) is 17.6. The topological polar surface area (TPSA) is 0 Å². The van der Waals surface area contributed by atoms with Gasteiger partial charge in [0.05, 0.1) is 0 Å². The van der Waals surface area contributed by atoms with Crippen molar-refractivity contribution < 1.29 is 0 Å². The second-order valence-electron chi connectivity index (χ2n) is 12.5. The molecular weight excluding hydrogens is 601 g/mol. The van der Waals surface area contributed by atoms with Gasteiger partial charge in [-0.3, -0.25) is 0 Å². The molecule has 238 valence electrons. The maximum atomic E-state index is 2.37. The van der Waals surface area contributed by atoms with E-state index in [-0.39, 0.29) is 0 Å². The molecule has 0 unspecified atom stereocenters. The third-order valence-corrected chi connectivity index (χ3v) is 9.66. The molecule has 9 aromatic carbocycles. The first-order valence-electron chi connectivity index (χ1n) is 17.6. The van der Waals surface area contributed by atoms with E-state index in [1.165, 1.54) is 88.0 Å². The average Bonchev–Trinajstić information content (AvgIpc) is 3.21. The molecule has 0 atom stereocenters. The molecule has 0 heteroatoms. The Labute approximate surface area is 294 Å². The molecule has 0 fully saturated rings. The lowest BCUT2D eigenvalue weighted by Gasteiger charge is -2.19. The highest BCUT2D eigenvalue weighted by molar-refractivity contribution is 6.21. The van der Waals surface area contributed by atoms with Crippen LogP contribution in [-0.2, 0) is 0 Å². The molecule has 0 aliphatic carbocycles. The summed E-state index contributed by atoms with van der Waals surface area (Å²) in [6.45, 7) is 4.00. The molecule has 9 aromatic rings. The second-order valence-corrected chi connectivity index (χ2v) is 12.5. The van der Waals surface area contributed by atoms with Crippen LogP contribution in [0, 0.1) is 0 Å². The lowest BCUT2D eigenvalue weighted by Crippen LogP contribution is -1.91. The fourth-order valence-corrected chi connectivity index (χ4v) is 7.41. The monoisotopic (exact) mass is 638 g/mol. The Morgan fingerprint density at radius 1 is 0.240 bits per heavy atom. The fourth-order valence-electron chi connectivity index (χ4n) is 7.41. The van der Waals surface area contributed by atoms with E-state index in [2.05, 4.69) is 194 Å². The Kier molecular flexibility index (Phi) is 8.51. The maximum Gasteiger partial charge on any atom is -0.00262 e. The molecule has 9 rings (SSSR count). The predicted molar refractivity (Wildman–Crippen MR) is 217 cm³/mol. The van der Waals surface area contributed by atoms with Crippen molar-refractivity contribution in [2.45, 2.75) is 13.8 Å². The molecule has 0 saturated heterocycles. The van der Waals surface area contributed by atoms with Crippen molar-refractivity contribution >= 4 is 32.3 Å². The van der Waals surface area contributed by atoms with E-state index in [9.17, 15) is 0 Å². The minimum Gasteiger partial charge on any atom is -0.0683 e. The van der Waals surface area contributed by atoms with Crippen molar-refractivity contribution in [2.24, 2.45) is 0 Å². The van der Waals surface area contributed by atoms with E-state index in [0.29, 0.717) is 0 Å². The zero-order valence-electron chi connectivity index (χ0n) is 28.5. The van der Waals surface area contributed by atoms with Crippen molar-refractivity contribution in [2.75, 3.05) is 0 Å². The number of hydrogen-bond donors (Lipinski definition) is 0. The Balaban J connectivity index is 0.00000177. The minimum atomic E-state index is 1.21. The Morgan fingerprint density at radius 2 is 0.600 bits per heavy atom. The molecule has 0 N–H and O–H groups in total. The summed E-state index contributed by atoms with van der Waals surface area (Å²) in [6.07, 6.45) is 0. The van der Waals surface area contributed by atoms with Crippen molar-refractivity contribution in [1.82, 2.24) is 0 Å². The smallest absolute Gasteiger partial charge is 0.00262 e. The SMILES string of the molecule is CC.c1ccc(-c2ccc(-c3cccc(-c4c5ccccc5c(-c5cccc(-c6cccc7ccccc67)c5)c5ccccc45)c3)cc2)cc1. The molecular formula is C50H38. The zero-order valence-corrected chi connectivity index (χ0v) is 28.5. The van der Waals surface area contributed by atoms with Gasteiger partial charge in [0.15, 0.2) is 0 Å². The predicted octanol–water partition coefficient (Wildman–Crippen LogP) is 14.5. The molecule has 0 saturated carbocycles. The average molecular weight is 639 g/mol. The van der Waals surface area contributed by atoms with Crippen LogP contribution >= 0.6 is 0 Å². The highest BCUT2D eigenvalue weighted by atomic mass is 14.2. The van der Waals surface area contributed by atoms with E-state index in [1.807, 2.05) is 13.8 Å². The van der Waals surface area contributed by atoms with E-state index < -0.39 is 0 Å². The summed E-state index contributed by atoms with van der Waals surface area (Å²) in [6, 6.07) is 70.7. The van der Waals surface area contributed by atoms with Crippen LogP contribution in [0.3, 0.4) is 0 Å². The Hall–Kier alpha value is -6.24. The van der Waals surface area contributed by atoms with Crippen molar-refractivity contribution in [1.29, 1.82) is 0 Å². The zero-order chi connectivity index (χ0) is 33.9. The summed E-state index contributed by atoms with van der Waals surface area (Å²) < 4.78 is 0. The molecule has 0 aromatic heterocycles. The van der Waals surface area contributed by atoms with Gasteiger partial charge in [-0.05, 0) is 100 Å². The Morgan fingerprint density at radius 3 is 1.18 bits per heavy atom. The molecule has 0 aliphatic heterocycles. The summed E-state index contributed by atoms with van der Waals surface area (Å²) in [4.78, 5) is 0. The van der Waals surface area contributed by atoms with E-state index in [0.717, 1.165) is 0 Å². The largest absolute Gasteiger partial charge is 0.0683 e. The number of hydrogen-bond acceptors (Lipinski definition) is 0. The van der Waals surface area contributed by atoms with Crippen LogP contribution in [0.2, 0.25) is 0 Å². The third-order valence-electron chi connectivity index (χ3n) is 9.66. The molecule has 0 heterocycles. The van der Waals surface area contributed by atoms with Crippen LogP contribution in [0.1, 0.15) is 13.8 Å². The molecule has 0 nitrogen and oxygen atoms in total. The highest BCUT2D eigenvalue weighted by Crippen LogP contribution is 2.45. The molecule has 50 heavy (non-hydrogen) atoms. The van der Waals surface area contributed by atoms with Crippen LogP contribution in [0.5, 0.6) is 0 Å². The van der Waals surface area contributed by atoms with E-state index >= 15 is 0 Å².